The number of carbonyl (C=O) groups excluding carboxylic acids is 6. The summed E-state index contributed by atoms with van der Waals surface area (Å²) in [7, 11) is 0. The number of Topliss-reactive ketones (excluding diaryl/α,β-unsaturated/α-hetero) is 3. The maximum atomic E-state index is 11.8. The van der Waals surface area contributed by atoms with Crippen molar-refractivity contribution in [2.45, 2.75) is 19.9 Å². The molecule has 7 heteroatoms. The topological polar surface area (TPSA) is 114 Å². The lowest BCUT2D eigenvalue weighted by molar-refractivity contribution is -0.151. The van der Waals surface area contributed by atoms with Gasteiger partial charge >= 0.3 is 0 Å². The third-order valence-electron chi connectivity index (χ3n) is 2.88. The summed E-state index contributed by atoms with van der Waals surface area (Å²) in [5.41, 5.74) is 0. The second kappa shape index (κ2) is 5.64. The van der Waals surface area contributed by atoms with E-state index in [2.05, 4.69) is 5.32 Å². The summed E-state index contributed by atoms with van der Waals surface area (Å²) in [5, 5.41) is 2.16. The zero-order valence-electron chi connectivity index (χ0n) is 10.4. The van der Waals surface area contributed by atoms with E-state index >= 15 is 0 Å². The predicted octanol–water partition coefficient (Wildman–Crippen LogP) is -1.52. The van der Waals surface area contributed by atoms with Crippen LogP contribution in [0, 0.1) is 17.8 Å². The van der Waals surface area contributed by atoms with E-state index < -0.39 is 47.1 Å². The highest BCUT2D eigenvalue weighted by atomic mass is 16.2. The van der Waals surface area contributed by atoms with E-state index in [1.54, 1.807) is 13.8 Å². The quantitative estimate of drug-likeness (QED) is 0.488. The summed E-state index contributed by atoms with van der Waals surface area (Å²) in [5.74, 6) is -7.42. The first-order valence-corrected chi connectivity index (χ1v) is 5.67. The molecule has 2 unspecified atom stereocenters. The smallest absolute Gasteiger partial charge is 0.223 e. The van der Waals surface area contributed by atoms with Gasteiger partial charge in [-0.05, 0) is 0 Å². The monoisotopic (exact) mass is 267 g/mol. The minimum Gasteiger partial charge on any atom is -0.339 e. The van der Waals surface area contributed by atoms with Crippen molar-refractivity contribution in [2.24, 2.45) is 17.8 Å². The molecule has 1 aliphatic rings. The first-order chi connectivity index (χ1) is 8.84. The van der Waals surface area contributed by atoms with Gasteiger partial charge in [-0.3, -0.25) is 19.2 Å². The van der Waals surface area contributed by atoms with Crippen LogP contribution in [0.4, 0.5) is 0 Å². The second-order valence-electron chi connectivity index (χ2n) is 4.53. The first-order valence-electron chi connectivity index (χ1n) is 5.67. The molecule has 7 nitrogen and oxygen atoms in total. The second-order valence-corrected chi connectivity index (χ2v) is 4.53. The van der Waals surface area contributed by atoms with E-state index in [9.17, 15) is 28.8 Å². The van der Waals surface area contributed by atoms with Crippen molar-refractivity contribution in [3.8, 4) is 0 Å². The Morgan fingerprint density at radius 3 is 1.74 bits per heavy atom. The summed E-state index contributed by atoms with van der Waals surface area (Å²) in [6.07, 6.45) is 0.171. The molecule has 1 rings (SSSR count). The molecule has 1 aliphatic carbocycles. The SMILES string of the molecule is CC(C)C(=O)NC1C(=O)C(C=O)C(=O)C(C=O)C1=O. The van der Waals surface area contributed by atoms with Gasteiger partial charge in [0.1, 0.15) is 30.4 Å². The molecule has 19 heavy (non-hydrogen) atoms. The Hall–Kier alpha value is -2.18. The van der Waals surface area contributed by atoms with Crippen molar-refractivity contribution < 1.29 is 28.8 Å². The average molecular weight is 267 g/mol. The van der Waals surface area contributed by atoms with Crippen molar-refractivity contribution in [3.63, 3.8) is 0 Å². The lowest BCUT2D eigenvalue weighted by Crippen LogP contribution is -2.59. The van der Waals surface area contributed by atoms with Crippen LogP contribution in [0.25, 0.3) is 0 Å². The van der Waals surface area contributed by atoms with E-state index in [1.807, 2.05) is 0 Å². The zero-order valence-corrected chi connectivity index (χ0v) is 10.4. The van der Waals surface area contributed by atoms with Crippen LogP contribution in [0.15, 0.2) is 0 Å². The molecule has 0 aliphatic heterocycles. The minimum atomic E-state index is -1.68. The third kappa shape index (κ3) is 2.64. The van der Waals surface area contributed by atoms with Gasteiger partial charge in [-0.2, -0.15) is 0 Å². The van der Waals surface area contributed by atoms with Crippen molar-refractivity contribution in [1.29, 1.82) is 0 Å². The Bertz CT molecular complexity index is 437. The maximum absolute atomic E-state index is 11.8. The molecule has 1 fully saturated rings. The molecule has 102 valence electrons. The van der Waals surface area contributed by atoms with E-state index in [1.165, 1.54) is 0 Å². The van der Waals surface area contributed by atoms with Crippen LogP contribution in [0.5, 0.6) is 0 Å². The summed E-state index contributed by atoms with van der Waals surface area (Å²) >= 11 is 0. The lowest BCUT2D eigenvalue weighted by Gasteiger charge is -2.27. The van der Waals surface area contributed by atoms with Gasteiger partial charge in [-0.15, -0.1) is 0 Å². The molecule has 0 radical (unpaired) electrons. The standard InChI is InChI=1S/C12H13NO6/c1-5(2)12(19)13-8-10(17)6(3-14)9(16)7(4-15)11(8)18/h3-8H,1-2H3,(H,13,19). The first kappa shape index (κ1) is 14.9. The normalized spacial score (nSPS) is 27.3. The summed E-state index contributed by atoms with van der Waals surface area (Å²) in [6.45, 7) is 3.10. The number of nitrogens with one attached hydrogen (secondary N) is 1. The summed E-state index contributed by atoms with van der Waals surface area (Å²) in [4.78, 5) is 68.1. The largest absolute Gasteiger partial charge is 0.339 e. The number of amides is 1. The van der Waals surface area contributed by atoms with E-state index in [0.29, 0.717) is 0 Å². The molecule has 0 saturated heterocycles. The molecule has 0 aromatic heterocycles. The highest BCUT2D eigenvalue weighted by Gasteiger charge is 2.49. The van der Waals surface area contributed by atoms with Gasteiger partial charge < -0.3 is 14.9 Å². The molecule has 1 N–H and O–H groups in total. The predicted molar refractivity (Wildman–Crippen MR) is 60.9 cm³/mol. The summed E-state index contributed by atoms with van der Waals surface area (Å²) in [6, 6.07) is -1.61. The Morgan fingerprint density at radius 1 is 1.00 bits per heavy atom. The van der Waals surface area contributed by atoms with E-state index in [-0.39, 0.29) is 12.6 Å². The number of hydrogen-bond donors (Lipinski definition) is 1. The van der Waals surface area contributed by atoms with Crippen LogP contribution in [-0.2, 0) is 28.8 Å². The van der Waals surface area contributed by atoms with Gasteiger partial charge in [0.15, 0.2) is 17.3 Å². The number of aldehydes is 2. The van der Waals surface area contributed by atoms with Crippen LogP contribution >= 0.6 is 0 Å². The fraction of sp³-hybridized carbons (Fsp3) is 0.500. The fourth-order valence-electron chi connectivity index (χ4n) is 1.69. The Morgan fingerprint density at radius 2 is 1.42 bits per heavy atom. The average Bonchev–Trinajstić information content (AvgIpc) is 2.35. The van der Waals surface area contributed by atoms with Gasteiger partial charge in [-0.1, -0.05) is 13.8 Å². The van der Waals surface area contributed by atoms with Gasteiger partial charge in [0, 0.05) is 5.92 Å². The van der Waals surface area contributed by atoms with Crippen LogP contribution < -0.4 is 5.32 Å². The van der Waals surface area contributed by atoms with Gasteiger partial charge in [-0.25, -0.2) is 0 Å². The van der Waals surface area contributed by atoms with Crippen molar-refractivity contribution >= 4 is 35.8 Å². The minimum absolute atomic E-state index is 0.0855. The molecule has 0 aromatic carbocycles. The molecule has 1 amide bonds. The molecule has 0 aromatic rings. The number of hydrogen-bond acceptors (Lipinski definition) is 6. The lowest BCUT2D eigenvalue weighted by atomic mass is 9.76. The maximum Gasteiger partial charge on any atom is 0.223 e. The number of rotatable bonds is 4. The van der Waals surface area contributed by atoms with Crippen LogP contribution in [0.1, 0.15) is 13.8 Å². The number of ketones is 3. The molecular formula is C12H13NO6. The molecule has 1 saturated carbocycles. The zero-order chi connectivity index (χ0) is 14.7. The van der Waals surface area contributed by atoms with Crippen LogP contribution in [0.3, 0.4) is 0 Å². The van der Waals surface area contributed by atoms with E-state index in [4.69, 9.17) is 0 Å². The van der Waals surface area contributed by atoms with Crippen molar-refractivity contribution in [3.05, 3.63) is 0 Å². The summed E-state index contributed by atoms with van der Waals surface area (Å²) < 4.78 is 0. The third-order valence-corrected chi connectivity index (χ3v) is 2.88. The van der Waals surface area contributed by atoms with Gasteiger partial charge in [0.2, 0.25) is 5.91 Å². The Balaban J connectivity index is 3.08. The molecule has 0 bridgehead atoms. The van der Waals surface area contributed by atoms with Crippen LogP contribution in [0.2, 0.25) is 0 Å². The fourth-order valence-corrected chi connectivity index (χ4v) is 1.69. The van der Waals surface area contributed by atoms with E-state index in [0.717, 1.165) is 0 Å². The van der Waals surface area contributed by atoms with Gasteiger partial charge in [0.05, 0.1) is 0 Å². The van der Waals surface area contributed by atoms with Crippen molar-refractivity contribution in [2.75, 3.05) is 0 Å². The highest BCUT2D eigenvalue weighted by molar-refractivity contribution is 6.35. The Labute approximate surface area is 108 Å². The number of carbonyl (C=O) groups is 6. The molecular weight excluding hydrogens is 254 g/mol. The van der Waals surface area contributed by atoms with Crippen LogP contribution in [-0.4, -0.2) is 41.9 Å². The Kier molecular flexibility index (Phi) is 4.42. The van der Waals surface area contributed by atoms with Crippen molar-refractivity contribution in [1.82, 2.24) is 5.32 Å². The van der Waals surface area contributed by atoms with Gasteiger partial charge in [0.25, 0.3) is 0 Å². The molecule has 2 atom stereocenters. The molecule has 0 spiro atoms. The highest BCUT2D eigenvalue weighted by Crippen LogP contribution is 2.18. The molecule has 0 heterocycles.